The molecule has 0 amide bonds. The SMILES string of the molecule is CCCCCCC.CCCS. The van der Waals surface area contributed by atoms with Gasteiger partial charge in [0.25, 0.3) is 0 Å². The first-order valence-corrected chi connectivity index (χ1v) is 5.57. The van der Waals surface area contributed by atoms with E-state index in [2.05, 4.69) is 33.4 Å². The average molecular weight is 176 g/mol. The van der Waals surface area contributed by atoms with E-state index in [9.17, 15) is 0 Å². The van der Waals surface area contributed by atoms with Gasteiger partial charge in [0.2, 0.25) is 0 Å². The zero-order valence-electron chi connectivity index (χ0n) is 8.40. The number of hydrogen-bond donors (Lipinski definition) is 1. The maximum absolute atomic E-state index is 3.92. The van der Waals surface area contributed by atoms with Gasteiger partial charge in [0.1, 0.15) is 0 Å². The van der Waals surface area contributed by atoms with Gasteiger partial charge in [0, 0.05) is 0 Å². The van der Waals surface area contributed by atoms with Crippen LogP contribution in [0, 0.1) is 0 Å². The van der Waals surface area contributed by atoms with Gasteiger partial charge in [-0.1, -0.05) is 52.9 Å². The van der Waals surface area contributed by atoms with Crippen LogP contribution >= 0.6 is 12.6 Å². The largest absolute Gasteiger partial charge is 0.179 e. The molecule has 0 fully saturated rings. The molecule has 0 aromatic carbocycles. The topological polar surface area (TPSA) is 0 Å². The van der Waals surface area contributed by atoms with E-state index in [1.807, 2.05) is 0 Å². The van der Waals surface area contributed by atoms with Crippen LogP contribution < -0.4 is 0 Å². The van der Waals surface area contributed by atoms with Crippen molar-refractivity contribution in [2.45, 2.75) is 59.3 Å². The number of unbranched alkanes of at least 4 members (excludes halogenated alkanes) is 4. The molecular weight excluding hydrogens is 152 g/mol. The van der Waals surface area contributed by atoms with Gasteiger partial charge in [-0.15, -0.1) is 0 Å². The van der Waals surface area contributed by atoms with Crippen LogP contribution in [-0.4, -0.2) is 5.75 Å². The fourth-order valence-corrected chi connectivity index (χ4v) is 0.677. The van der Waals surface area contributed by atoms with Crippen LogP contribution in [0.25, 0.3) is 0 Å². The normalized spacial score (nSPS) is 8.73. The van der Waals surface area contributed by atoms with Gasteiger partial charge in [-0.05, 0) is 12.2 Å². The Hall–Kier alpha value is 0.350. The van der Waals surface area contributed by atoms with Crippen LogP contribution in [0.2, 0.25) is 0 Å². The van der Waals surface area contributed by atoms with Crippen molar-refractivity contribution >= 4 is 12.6 Å². The lowest BCUT2D eigenvalue weighted by Gasteiger charge is -1.90. The van der Waals surface area contributed by atoms with E-state index in [4.69, 9.17) is 0 Å². The molecule has 0 aliphatic rings. The van der Waals surface area contributed by atoms with Gasteiger partial charge in [-0.2, -0.15) is 12.6 Å². The molecule has 0 aliphatic carbocycles. The lowest BCUT2D eigenvalue weighted by Crippen LogP contribution is -1.70. The van der Waals surface area contributed by atoms with Crippen molar-refractivity contribution in [2.24, 2.45) is 0 Å². The zero-order valence-corrected chi connectivity index (χ0v) is 9.29. The molecule has 0 saturated heterocycles. The predicted octanol–water partition coefficient (Wildman–Crippen LogP) is 4.30. The van der Waals surface area contributed by atoms with E-state index in [1.54, 1.807) is 0 Å². The summed E-state index contributed by atoms with van der Waals surface area (Å²) in [6.07, 6.45) is 8.19. The number of rotatable bonds is 5. The molecule has 0 rings (SSSR count). The Morgan fingerprint density at radius 2 is 1.09 bits per heavy atom. The molecule has 11 heavy (non-hydrogen) atoms. The van der Waals surface area contributed by atoms with Gasteiger partial charge in [0.15, 0.2) is 0 Å². The third-order valence-corrected chi connectivity index (χ3v) is 1.88. The van der Waals surface area contributed by atoms with Crippen LogP contribution in [0.4, 0.5) is 0 Å². The minimum absolute atomic E-state index is 1.01. The second-order valence-electron chi connectivity index (χ2n) is 2.78. The van der Waals surface area contributed by atoms with Crippen LogP contribution in [0.3, 0.4) is 0 Å². The number of hydrogen-bond acceptors (Lipinski definition) is 1. The van der Waals surface area contributed by atoms with E-state index in [-0.39, 0.29) is 0 Å². The summed E-state index contributed by atoms with van der Waals surface area (Å²) in [6, 6.07) is 0. The Kier molecular flexibility index (Phi) is 21.2. The Morgan fingerprint density at radius 1 is 0.727 bits per heavy atom. The summed E-state index contributed by atoms with van der Waals surface area (Å²) in [5, 5.41) is 0. The van der Waals surface area contributed by atoms with Gasteiger partial charge in [-0.25, -0.2) is 0 Å². The molecule has 0 atom stereocenters. The fourth-order valence-electron chi connectivity index (χ4n) is 0.677. The summed E-state index contributed by atoms with van der Waals surface area (Å²) in [6.45, 7) is 6.60. The average Bonchev–Trinajstić information content (AvgIpc) is 2.06. The van der Waals surface area contributed by atoms with Crippen molar-refractivity contribution in [3.05, 3.63) is 0 Å². The minimum atomic E-state index is 1.01. The smallest absolute Gasteiger partial charge is 0.0101 e. The second-order valence-corrected chi connectivity index (χ2v) is 3.23. The lowest BCUT2D eigenvalue weighted by molar-refractivity contribution is 0.656. The summed E-state index contributed by atoms with van der Waals surface area (Å²) in [7, 11) is 0. The summed E-state index contributed by atoms with van der Waals surface area (Å²) in [4.78, 5) is 0. The highest BCUT2D eigenvalue weighted by Crippen LogP contribution is 2.00. The highest BCUT2D eigenvalue weighted by Gasteiger charge is 1.80. The second kappa shape index (κ2) is 16.7. The predicted molar refractivity (Wildman–Crippen MR) is 58.6 cm³/mol. The van der Waals surface area contributed by atoms with Crippen LogP contribution in [0.15, 0.2) is 0 Å². The third kappa shape index (κ3) is 25.2. The van der Waals surface area contributed by atoms with Crippen molar-refractivity contribution in [1.29, 1.82) is 0 Å². The first kappa shape index (κ1) is 13.9. The van der Waals surface area contributed by atoms with E-state index in [0.717, 1.165) is 5.75 Å². The van der Waals surface area contributed by atoms with Crippen molar-refractivity contribution in [3.63, 3.8) is 0 Å². The molecule has 0 heterocycles. The highest BCUT2D eigenvalue weighted by molar-refractivity contribution is 7.80. The first-order chi connectivity index (χ1) is 5.33. The maximum atomic E-state index is 3.92. The maximum Gasteiger partial charge on any atom is -0.0101 e. The van der Waals surface area contributed by atoms with Crippen molar-refractivity contribution in [1.82, 2.24) is 0 Å². The lowest BCUT2D eigenvalue weighted by atomic mass is 10.2. The molecule has 0 spiro atoms. The monoisotopic (exact) mass is 176 g/mol. The molecule has 0 radical (unpaired) electrons. The molecule has 0 aliphatic heterocycles. The fraction of sp³-hybridized carbons (Fsp3) is 1.00. The Balaban J connectivity index is 0. The first-order valence-electron chi connectivity index (χ1n) is 4.94. The van der Waals surface area contributed by atoms with Crippen molar-refractivity contribution < 1.29 is 0 Å². The van der Waals surface area contributed by atoms with Crippen LogP contribution in [0.1, 0.15) is 59.3 Å². The highest BCUT2D eigenvalue weighted by atomic mass is 32.1. The van der Waals surface area contributed by atoms with Crippen LogP contribution in [-0.2, 0) is 0 Å². The van der Waals surface area contributed by atoms with Gasteiger partial charge >= 0.3 is 0 Å². The van der Waals surface area contributed by atoms with E-state index < -0.39 is 0 Å². The van der Waals surface area contributed by atoms with Gasteiger partial charge < -0.3 is 0 Å². The molecule has 1 heteroatoms. The standard InChI is InChI=1S/C7H16.C3H8S/c1-3-5-7-6-4-2;1-2-3-4/h3-7H2,1-2H3;4H,2-3H2,1H3. The summed E-state index contributed by atoms with van der Waals surface area (Å²) in [5.41, 5.74) is 0. The summed E-state index contributed by atoms with van der Waals surface area (Å²) in [5.74, 6) is 1.01. The molecular formula is C10H24S. The Morgan fingerprint density at radius 3 is 1.27 bits per heavy atom. The molecule has 0 aromatic heterocycles. The molecule has 0 saturated carbocycles. The van der Waals surface area contributed by atoms with Crippen molar-refractivity contribution in [2.75, 3.05) is 5.75 Å². The molecule has 0 N–H and O–H groups in total. The molecule has 0 aromatic rings. The summed E-state index contributed by atoms with van der Waals surface area (Å²) >= 11 is 3.92. The Bertz CT molecular complexity index is 38.1. The van der Waals surface area contributed by atoms with E-state index in [0.29, 0.717) is 0 Å². The minimum Gasteiger partial charge on any atom is -0.179 e. The van der Waals surface area contributed by atoms with Gasteiger partial charge in [-0.3, -0.25) is 0 Å². The molecule has 0 nitrogen and oxygen atoms in total. The van der Waals surface area contributed by atoms with Crippen LogP contribution in [0.5, 0.6) is 0 Å². The third-order valence-electron chi connectivity index (χ3n) is 1.43. The number of thiol groups is 1. The zero-order chi connectivity index (χ0) is 8.95. The van der Waals surface area contributed by atoms with E-state index >= 15 is 0 Å². The molecule has 0 bridgehead atoms. The van der Waals surface area contributed by atoms with Gasteiger partial charge in [0.05, 0.1) is 0 Å². The molecule has 70 valence electrons. The summed E-state index contributed by atoms with van der Waals surface area (Å²) < 4.78 is 0. The molecule has 0 unspecified atom stereocenters. The quantitative estimate of drug-likeness (QED) is 0.468. The van der Waals surface area contributed by atoms with Crippen molar-refractivity contribution in [3.8, 4) is 0 Å². The Labute approximate surface area is 78.2 Å². The van der Waals surface area contributed by atoms with E-state index in [1.165, 1.54) is 38.5 Å².